The van der Waals surface area contributed by atoms with Crippen LogP contribution in [-0.2, 0) is 0 Å². The van der Waals surface area contributed by atoms with Gasteiger partial charge in [0, 0.05) is 51.4 Å². The van der Waals surface area contributed by atoms with Crippen LogP contribution in [0.5, 0.6) is 0 Å². The summed E-state index contributed by atoms with van der Waals surface area (Å²) in [6.07, 6.45) is 1.33. The van der Waals surface area contributed by atoms with Gasteiger partial charge < -0.3 is 5.32 Å². The molecule has 0 bridgehead atoms. The van der Waals surface area contributed by atoms with Crippen LogP contribution in [0.25, 0.3) is 0 Å². The van der Waals surface area contributed by atoms with Gasteiger partial charge in [0.1, 0.15) is 0 Å². The molecule has 104 valence electrons. The Kier molecular flexibility index (Phi) is 4.16. The maximum Gasteiger partial charge on any atom is 0.0320 e. The van der Waals surface area contributed by atoms with E-state index in [2.05, 4.69) is 52.4 Å². The number of nitrogens with one attached hydrogen (secondary N) is 1. The molecule has 0 radical (unpaired) electrons. The summed E-state index contributed by atoms with van der Waals surface area (Å²) in [6, 6.07) is 12.2. The lowest BCUT2D eigenvalue weighted by atomic mass is 10.1. The van der Waals surface area contributed by atoms with Crippen molar-refractivity contribution in [2.45, 2.75) is 25.4 Å². The Labute approximate surface area is 116 Å². The molecule has 2 heterocycles. The summed E-state index contributed by atoms with van der Waals surface area (Å²) in [5.74, 6) is 0. The third kappa shape index (κ3) is 2.99. The minimum Gasteiger partial charge on any atom is -0.314 e. The van der Waals surface area contributed by atoms with Crippen LogP contribution in [0.1, 0.15) is 24.9 Å². The Morgan fingerprint density at radius 1 is 1.11 bits per heavy atom. The number of hydrogen-bond donors (Lipinski definition) is 1. The van der Waals surface area contributed by atoms with Gasteiger partial charge in [-0.25, -0.2) is 0 Å². The topological polar surface area (TPSA) is 18.5 Å². The van der Waals surface area contributed by atoms with Gasteiger partial charge in [0.05, 0.1) is 0 Å². The fourth-order valence-electron chi connectivity index (χ4n) is 3.41. The Hall–Kier alpha value is -0.900. The largest absolute Gasteiger partial charge is 0.314 e. The lowest BCUT2D eigenvalue weighted by Gasteiger charge is -2.33. The number of nitrogens with zero attached hydrogens (tertiary/aromatic N) is 2. The second-order valence-corrected chi connectivity index (χ2v) is 5.81. The molecule has 0 aliphatic carbocycles. The lowest BCUT2D eigenvalue weighted by Crippen LogP contribution is -2.49. The van der Waals surface area contributed by atoms with E-state index in [0.29, 0.717) is 6.04 Å². The molecule has 1 aromatic carbocycles. The molecule has 2 saturated heterocycles. The quantitative estimate of drug-likeness (QED) is 0.892. The molecule has 2 unspecified atom stereocenters. The van der Waals surface area contributed by atoms with Crippen LogP contribution < -0.4 is 5.32 Å². The molecule has 2 atom stereocenters. The fourth-order valence-corrected chi connectivity index (χ4v) is 3.41. The molecule has 0 amide bonds. The van der Waals surface area contributed by atoms with E-state index in [0.717, 1.165) is 19.1 Å². The van der Waals surface area contributed by atoms with Gasteiger partial charge in [0.15, 0.2) is 0 Å². The van der Waals surface area contributed by atoms with E-state index in [1.54, 1.807) is 0 Å². The minimum absolute atomic E-state index is 0.550. The molecule has 2 fully saturated rings. The van der Waals surface area contributed by atoms with E-state index >= 15 is 0 Å². The van der Waals surface area contributed by atoms with E-state index in [1.807, 2.05) is 0 Å². The molecule has 2 aliphatic heterocycles. The van der Waals surface area contributed by atoms with Gasteiger partial charge in [-0.3, -0.25) is 9.80 Å². The SMILES string of the molecule is CC(c1ccccc1)N1CCC(N2CCNCC2)C1. The monoisotopic (exact) mass is 259 g/mol. The van der Waals surface area contributed by atoms with Crippen LogP contribution in [0, 0.1) is 0 Å². The first-order valence-electron chi connectivity index (χ1n) is 7.58. The smallest absolute Gasteiger partial charge is 0.0320 e. The summed E-state index contributed by atoms with van der Waals surface area (Å²) in [6.45, 7) is 9.57. The normalized spacial score (nSPS) is 27.5. The number of benzene rings is 1. The van der Waals surface area contributed by atoms with Crippen LogP contribution in [0.3, 0.4) is 0 Å². The minimum atomic E-state index is 0.550. The summed E-state index contributed by atoms with van der Waals surface area (Å²) >= 11 is 0. The molecule has 0 saturated carbocycles. The van der Waals surface area contributed by atoms with Crippen molar-refractivity contribution in [2.75, 3.05) is 39.3 Å². The number of piperazine rings is 1. The maximum atomic E-state index is 3.44. The molecule has 1 aromatic rings. The van der Waals surface area contributed by atoms with Crippen molar-refractivity contribution in [3.8, 4) is 0 Å². The first-order valence-corrected chi connectivity index (χ1v) is 7.58. The predicted molar refractivity (Wildman–Crippen MR) is 79.3 cm³/mol. The van der Waals surface area contributed by atoms with Gasteiger partial charge in [0.25, 0.3) is 0 Å². The summed E-state index contributed by atoms with van der Waals surface area (Å²) in [5.41, 5.74) is 1.45. The van der Waals surface area contributed by atoms with Crippen LogP contribution >= 0.6 is 0 Å². The van der Waals surface area contributed by atoms with Gasteiger partial charge in [0.2, 0.25) is 0 Å². The standard InChI is InChI=1S/C16H25N3/c1-14(15-5-3-2-4-6-15)19-10-7-16(13-19)18-11-8-17-9-12-18/h2-6,14,16-17H,7-13H2,1H3. The maximum absolute atomic E-state index is 3.44. The molecule has 19 heavy (non-hydrogen) atoms. The van der Waals surface area contributed by atoms with Crippen molar-refractivity contribution >= 4 is 0 Å². The molecular formula is C16H25N3. The summed E-state index contributed by atoms with van der Waals surface area (Å²) < 4.78 is 0. The molecule has 3 rings (SSSR count). The molecule has 3 nitrogen and oxygen atoms in total. The van der Waals surface area contributed by atoms with Gasteiger partial charge in [-0.1, -0.05) is 30.3 Å². The molecule has 2 aliphatic rings. The van der Waals surface area contributed by atoms with Crippen molar-refractivity contribution in [2.24, 2.45) is 0 Å². The average Bonchev–Trinajstić information content (AvgIpc) is 2.98. The summed E-state index contributed by atoms with van der Waals surface area (Å²) in [5, 5.41) is 3.44. The van der Waals surface area contributed by atoms with E-state index in [9.17, 15) is 0 Å². The van der Waals surface area contributed by atoms with Gasteiger partial charge in [-0.05, 0) is 18.9 Å². The zero-order chi connectivity index (χ0) is 13.1. The molecule has 1 N–H and O–H groups in total. The van der Waals surface area contributed by atoms with E-state index in [4.69, 9.17) is 0 Å². The third-order valence-corrected chi connectivity index (χ3v) is 4.69. The highest BCUT2D eigenvalue weighted by Gasteiger charge is 2.30. The lowest BCUT2D eigenvalue weighted by molar-refractivity contribution is 0.162. The zero-order valence-electron chi connectivity index (χ0n) is 11.9. The molecule has 0 aromatic heterocycles. The van der Waals surface area contributed by atoms with Crippen molar-refractivity contribution in [3.63, 3.8) is 0 Å². The summed E-state index contributed by atoms with van der Waals surface area (Å²) in [4.78, 5) is 5.32. The van der Waals surface area contributed by atoms with E-state index < -0.39 is 0 Å². The highest BCUT2D eigenvalue weighted by molar-refractivity contribution is 5.18. The number of rotatable bonds is 3. The number of hydrogen-bond acceptors (Lipinski definition) is 3. The van der Waals surface area contributed by atoms with Crippen LogP contribution in [0.15, 0.2) is 30.3 Å². The van der Waals surface area contributed by atoms with Crippen LogP contribution in [-0.4, -0.2) is 55.1 Å². The zero-order valence-corrected chi connectivity index (χ0v) is 11.9. The van der Waals surface area contributed by atoms with Crippen molar-refractivity contribution < 1.29 is 0 Å². The predicted octanol–water partition coefficient (Wildman–Crippen LogP) is 1.73. The molecule has 3 heteroatoms. The fraction of sp³-hybridized carbons (Fsp3) is 0.625. The van der Waals surface area contributed by atoms with Crippen molar-refractivity contribution in [1.29, 1.82) is 0 Å². The molecule has 0 spiro atoms. The summed E-state index contributed by atoms with van der Waals surface area (Å²) in [7, 11) is 0. The van der Waals surface area contributed by atoms with E-state index in [-0.39, 0.29) is 0 Å². The molecular weight excluding hydrogens is 234 g/mol. The second-order valence-electron chi connectivity index (χ2n) is 5.81. The van der Waals surface area contributed by atoms with Crippen molar-refractivity contribution in [3.05, 3.63) is 35.9 Å². The Bertz CT molecular complexity index is 386. The number of likely N-dealkylation sites (tertiary alicyclic amines) is 1. The first kappa shape index (κ1) is 13.1. The van der Waals surface area contributed by atoms with Crippen molar-refractivity contribution in [1.82, 2.24) is 15.1 Å². The van der Waals surface area contributed by atoms with Crippen LogP contribution in [0.2, 0.25) is 0 Å². The Morgan fingerprint density at radius 3 is 2.58 bits per heavy atom. The van der Waals surface area contributed by atoms with Gasteiger partial charge in [-0.2, -0.15) is 0 Å². The highest BCUT2D eigenvalue weighted by atomic mass is 15.3. The Balaban J connectivity index is 1.59. The second kappa shape index (κ2) is 6.04. The van der Waals surface area contributed by atoms with E-state index in [1.165, 1.54) is 38.2 Å². The Morgan fingerprint density at radius 2 is 1.84 bits per heavy atom. The van der Waals surface area contributed by atoms with Crippen LogP contribution in [0.4, 0.5) is 0 Å². The first-order chi connectivity index (χ1) is 9.34. The third-order valence-electron chi connectivity index (χ3n) is 4.69. The van der Waals surface area contributed by atoms with Gasteiger partial charge >= 0.3 is 0 Å². The highest BCUT2D eigenvalue weighted by Crippen LogP contribution is 2.26. The average molecular weight is 259 g/mol. The van der Waals surface area contributed by atoms with Gasteiger partial charge in [-0.15, -0.1) is 0 Å².